The van der Waals surface area contributed by atoms with Crippen LogP contribution in [0.4, 0.5) is 27.1 Å². The second kappa shape index (κ2) is 8.14. The first kappa shape index (κ1) is 17.5. The number of hydrogen-bond donors (Lipinski definition) is 0. The Kier molecular flexibility index (Phi) is 5.46. The summed E-state index contributed by atoms with van der Waals surface area (Å²) in [5, 5.41) is 27.2. The molecule has 128 valence electrons. The summed E-state index contributed by atoms with van der Waals surface area (Å²) in [4.78, 5) is 2.01. The van der Waals surface area contributed by atoms with Gasteiger partial charge in [0.2, 0.25) is 0 Å². The van der Waals surface area contributed by atoms with Crippen LogP contribution in [0, 0.1) is 11.3 Å². The first-order valence-corrected chi connectivity index (χ1v) is 8.67. The molecule has 0 spiro atoms. The van der Waals surface area contributed by atoms with Crippen molar-refractivity contribution < 1.29 is 0 Å². The fraction of sp³-hybridized carbons (Fsp3) is 0.105. The lowest BCUT2D eigenvalue weighted by atomic mass is 10.3. The molecule has 0 saturated heterocycles. The van der Waals surface area contributed by atoms with Crippen LogP contribution in [0.5, 0.6) is 0 Å². The zero-order valence-corrected chi connectivity index (χ0v) is 15.2. The van der Waals surface area contributed by atoms with Crippen molar-refractivity contribution in [3.8, 4) is 6.07 Å². The van der Waals surface area contributed by atoms with E-state index in [-0.39, 0.29) is 0 Å². The molecule has 26 heavy (non-hydrogen) atoms. The fourth-order valence-corrected chi connectivity index (χ4v) is 2.85. The molecule has 3 aromatic rings. The number of anilines is 1. The van der Waals surface area contributed by atoms with E-state index in [2.05, 4.69) is 26.5 Å². The molecule has 1 aromatic heterocycles. The molecule has 3 rings (SSSR count). The highest BCUT2D eigenvalue weighted by atomic mass is 32.1. The van der Waals surface area contributed by atoms with Crippen molar-refractivity contribution in [1.29, 1.82) is 5.26 Å². The molecule has 0 fully saturated rings. The van der Waals surface area contributed by atoms with E-state index in [0.29, 0.717) is 15.6 Å². The largest absolute Gasteiger partial charge is 0.378 e. The summed E-state index contributed by atoms with van der Waals surface area (Å²) < 4.78 is 0. The molecule has 0 aliphatic heterocycles. The Bertz CT molecular complexity index is 966. The van der Waals surface area contributed by atoms with Crippen LogP contribution in [0.25, 0.3) is 0 Å². The topological polar surface area (TPSA) is 76.5 Å². The van der Waals surface area contributed by atoms with Crippen molar-refractivity contribution in [2.75, 3.05) is 19.0 Å². The molecular formula is C19H16N6S. The third kappa shape index (κ3) is 4.37. The molecule has 2 aromatic carbocycles. The second-order valence-corrected chi connectivity index (χ2v) is 6.57. The Morgan fingerprint density at radius 2 is 1.50 bits per heavy atom. The standard InChI is InChI=1S/C19H16N6S/c1-25(2)17-10-8-16(9-11-17)22-24-19-14(13-20)12-18(26-19)23-21-15-6-4-3-5-7-15/h3-12H,1-2H3. The van der Waals surface area contributed by atoms with Crippen LogP contribution < -0.4 is 4.90 Å². The number of hydrogen-bond acceptors (Lipinski definition) is 7. The predicted molar refractivity (Wildman–Crippen MR) is 105 cm³/mol. The molecule has 1 heterocycles. The van der Waals surface area contributed by atoms with Crippen LogP contribution in [-0.4, -0.2) is 14.1 Å². The second-order valence-electron chi connectivity index (χ2n) is 5.56. The van der Waals surface area contributed by atoms with Gasteiger partial charge in [0.05, 0.1) is 16.9 Å². The molecule has 0 amide bonds. The maximum absolute atomic E-state index is 9.29. The third-order valence-electron chi connectivity index (χ3n) is 3.46. The summed E-state index contributed by atoms with van der Waals surface area (Å²) in [5.41, 5.74) is 3.00. The summed E-state index contributed by atoms with van der Waals surface area (Å²) in [6, 6.07) is 20.9. The van der Waals surface area contributed by atoms with Crippen molar-refractivity contribution >= 4 is 38.4 Å². The van der Waals surface area contributed by atoms with Gasteiger partial charge in [-0.05, 0) is 42.5 Å². The Labute approximate surface area is 155 Å². The number of nitriles is 1. The van der Waals surface area contributed by atoms with E-state index >= 15 is 0 Å². The van der Waals surface area contributed by atoms with Crippen LogP contribution in [-0.2, 0) is 0 Å². The summed E-state index contributed by atoms with van der Waals surface area (Å²) in [5.74, 6) is 0. The molecule has 0 radical (unpaired) electrons. The zero-order valence-electron chi connectivity index (χ0n) is 14.4. The highest BCUT2D eigenvalue weighted by Crippen LogP contribution is 2.37. The summed E-state index contributed by atoms with van der Waals surface area (Å²) in [6.45, 7) is 0. The molecule has 0 bridgehead atoms. The Morgan fingerprint density at radius 1 is 0.846 bits per heavy atom. The van der Waals surface area contributed by atoms with Gasteiger partial charge in [-0.15, -0.1) is 20.5 Å². The van der Waals surface area contributed by atoms with E-state index in [1.165, 1.54) is 11.3 Å². The minimum atomic E-state index is 0.436. The fourth-order valence-electron chi connectivity index (χ4n) is 2.09. The van der Waals surface area contributed by atoms with Crippen molar-refractivity contribution in [3.63, 3.8) is 0 Å². The van der Waals surface area contributed by atoms with Crippen molar-refractivity contribution in [3.05, 3.63) is 66.2 Å². The summed E-state index contributed by atoms with van der Waals surface area (Å²) >= 11 is 1.28. The van der Waals surface area contributed by atoms with Gasteiger partial charge in [0, 0.05) is 19.8 Å². The van der Waals surface area contributed by atoms with Crippen molar-refractivity contribution in [1.82, 2.24) is 0 Å². The maximum atomic E-state index is 9.29. The molecule has 0 aliphatic rings. The molecule has 6 nitrogen and oxygen atoms in total. The minimum Gasteiger partial charge on any atom is -0.378 e. The number of nitrogens with zero attached hydrogens (tertiary/aromatic N) is 6. The van der Waals surface area contributed by atoms with Gasteiger partial charge in [-0.3, -0.25) is 0 Å². The Morgan fingerprint density at radius 3 is 2.15 bits per heavy atom. The lowest BCUT2D eigenvalue weighted by molar-refractivity contribution is 1.13. The van der Waals surface area contributed by atoms with E-state index < -0.39 is 0 Å². The van der Waals surface area contributed by atoms with E-state index in [0.717, 1.165) is 17.1 Å². The van der Waals surface area contributed by atoms with Crippen LogP contribution in [0.1, 0.15) is 5.56 Å². The van der Waals surface area contributed by atoms with Gasteiger partial charge in [0.1, 0.15) is 11.1 Å². The van der Waals surface area contributed by atoms with Crippen LogP contribution in [0.15, 0.2) is 81.1 Å². The SMILES string of the molecule is CN(C)c1ccc(N=Nc2sc(N=Nc3ccccc3)cc2C#N)cc1. The van der Waals surface area contributed by atoms with Crippen LogP contribution in [0.2, 0.25) is 0 Å². The molecule has 0 atom stereocenters. The van der Waals surface area contributed by atoms with Gasteiger partial charge >= 0.3 is 0 Å². The molecule has 0 N–H and O–H groups in total. The van der Waals surface area contributed by atoms with Crippen LogP contribution >= 0.6 is 11.3 Å². The van der Waals surface area contributed by atoms with Gasteiger partial charge < -0.3 is 4.90 Å². The van der Waals surface area contributed by atoms with Gasteiger partial charge in [0.15, 0.2) is 5.00 Å². The van der Waals surface area contributed by atoms with Gasteiger partial charge in [-0.25, -0.2) is 0 Å². The average molecular weight is 360 g/mol. The maximum Gasteiger partial charge on any atom is 0.158 e. The predicted octanol–water partition coefficient (Wildman–Crippen LogP) is 6.52. The summed E-state index contributed by atoms with van der Waals surface area (Å²) in [7, 11) is 3.96. The average Bonchev–Trinajstić information content (AvgIpc) is 3.08. The smallest absolute Gasteiger partial charge is 0.158 e. The molecule has 0 saturated carbocycles. The molecule has 0 aliphatic carbocycles. The summed E-state index contributed by atoms with van der Waals surface area (Å²) in [6.07, 6.45) is 0. The Balaban J connectivity index is 1.78. The quantitative estimate of drug-likeness (QED) is 0.486. The third-order valence-corrected chi connectivity index (χ3v) is 4.37. The van der Waals surface area contributed by atoms with E-state index in [9.17, 15) is 5.26 Å². The lowest BCUT2D eigenvalue weighted by Gasteiger charge is -2.11. The van der Waals surface area contributed by atoms with Gasteiger partial charge in [-0.1, -0.05) is 29.5 Å². The van der Waals surface area contributed by atoms with Crippen molar-refractivity contribution in [2.45, 2.75) is 0 Å². The highest BCUT2D eigenvalue weighted by Gasteiger charge is 2.08. The monoisotopic (exact) mass is 360 g/mol. The number of thiophene rings is 1. The van der Waals surface area contributed by atoms with E-state index in [4.69, 9.17) is 0 Å². The van der Waals surface area contributed by atoms with Crippen LogP contribution in [0.3, 0.4) is 0 Å². The first-order valence-electron chi connectivity index (χ1n) is 7.85. The molecular weight excluding hydrogens is 344 g/mol. The number of rotatable bonds is 5. The number of azo groups is 2. The zero-order chi connectivity index (χ0) is 18.4. The van der Waals surface area contributed by atoms with E-state index in [1.807, 2.05) is 73.6 Å². The first-order chi connectivity index (χ1) is 12.7. The minimum absolute atomic E-state index is 0.436. The Hall–Kier alpha value is -3.37. The normalized spacial score (nSPS) is 11.1. The van der Waals surface area contributed by atoms with E-state index in [1.54, 1.807) is 6.07 Å². The van der Waals surface area contributed by atoms with Crippen molar-refractivity contribution in [2.24, 2.45) is 20.5 Å². The highest BCUT2D eigenvalue weighted by molar-refractivity contribution is 7.19. The molecule has 7 heteroatoms. The van der Waals surface area contributed by atoms with Gasteiger partial charge in [-0.2, -0.15) is 5.26 Å². The van der Waals surface area contributed by atoms with Gasteiger partial charge in [0.25, 0.3) is 0 Å². The number of benzene rings is 2. The molecule has 0 unspecified atom stereocenters. The lowest BCUT2D eigenvalue weighted by Crippen LogP contribution is -2.07.